The first kappa shape index (κ1) is 9.01. The van der Waals surface area contributed by atoms with Crippen LogP contribution in [0.15, 0.2) is 0 Å². The molecule has 0 bridgehead atoms. The molecule has 0 aromatic heterocycles. The van der Waals surface area contributed by atoms with E-state index < -0.39 is 0 Å². The van der Waals surface area contributed by atoms with Crippen molar-refractivity contribution in [2.24, 2.45) is 5.92 Å². The molecule has 1 rings (SSSR count). The minimum Gasteiger partial charge on any atom is -0.396 e. The van der Waals surface area contributed by atoms with Gasteiger partial charge in [-0.15, -0.1) is 0 Å². The van der Waals surface area contributed by atoms with E-state index in [1.807, 2.05) is 0 Å². The lowest BCUT2D eigenvalue weighted by Crippen LogP contribution is -2.33. The number of hydrogen-bond donors (Lipinski definition) is 1. The number of aliphatic hydroxyl groups excluding tert-OH is 1. The van der Waals surface area contributed by atoms with Crippen LogP contribution < -0.4 is 0 Å². The molecular formula is C9H18O2. The Kier molecular flexibility index (Phi) is 2.90. The van der Waals surface area contributed by atoms with Crippen molar-refractivity contribution in [1.82, 2.24) is 0 Å². The standard InChI is InChI=1S/C9H18O2/c1-9(11-2)5-3-8(7-10)4-6-9/h8,10H,3-7H2,1-2H3. The zero-order chi connectivity index (χ0) is 8.32. The van der Waals surface area contributed by atoms with Crippen molar-refractivity contribution in [1.29, 1.82) is 0 Å². The fourth-order valence-electron chi connectivity index (χ4n) is 1.67. The van der Waals surface area contributed by atoms with Gasteiger partial charge in [0.1, 0.15) is 0 Å². The van der Waals surface area contributed by atoms with E-state index in [2.05, 4.69) is 6.92 Å². The minimum atomic E-state index is 0.0890. The summed E-state index contributed by atoms with van der Waals surface area (Å²) in [6, 6.07) is 0. The Balaban J connectivity index is 2.35. The van der Waals surface area contributed by atoms with Crippen molar-refractivity contribution < 1.29 is 9.84 Å². The summed E-state index contributed by atoms with van der Waals surface area (Å²) in [5, 5.41) is 8.89. The van der Waals surface area contributed by atoms with Crippen molar-refractivity contribution in [2.45, 2.75) is 38.2 Å². The third-order valence-corrected chi connectivity index (χ3v) is 2.91. The lowest BCUT2D eigenvalue weighted by Gasteiger charge is -2.35. The second-order valence-electron chi connectivity index (χ2n) is 3.78. The van der Waals surface area contributed by atoms with E-state index in [0.717, 1.165) is 25.7 Å². The highest BCUT2D eigenvalue weighted by Crippen LogP contribution is 2.33. The summed E-state index contributed by atoms with van der Waals surface area (Å²) < 4.78 is 5.39. The molecule has 0 radical (unpaired) electrons. The predicted octanol–water partition coefficient (Wildman–Crippen LogP) is 1.57. The van der Waals surface area contributed by atoms with Gasteiger partial charge in [0, 0.05) is 13.7 Å². The molecule has 2 nitrogen and oxygen atoms in total. The number of hydrogen-bond acceptors (Lipinski definition) is 2. The highest BCUT2D eigenvalue weighted by molar-refractivity contribution is 4.82. The van der Waals surface area contributed by atoms with Crippen LogP contribution in [0, 0.1) is 5.92 Å². The van der Waals surface area contributed by atoms with Gasteiger partial charge in [0.05, 0.1) is 5.60 Å². The quantitative estimate of drug-likeness (QED) is 0.661. The van der Waals surface area contributed by atoms with Gasteiger partial charge >= 0.3 is 0 Å². The first-order chi connectivity index (χ1) is 5.20. The molecule has 0 spiro atoms. The largest absolute Gasteiger partial charge is 0.396 e. The summed E-state index contributed by atoms with van der Waals surface area (Å²) in [5.74, 6) is 0.526. The summed E-state index contributed by atoms with van der Waals surface area (Å²) in [5.41, 5.74) is 0.0890. The van der Waals surface area contributed by atoms with Crippen LogP contribution in [0.4, 0.5) is 0 Å². The van der Waals surface area contributed by atoms with E-state index in [4.69, 9.17) is 9.84 Å². The van der Waals surface area contributed by atoms with E-state index in [9.17, 15) is 0 Å². The molecule has 0 saturated heterocycles. The van der Waals surface area contributed by atoms with Crippen molar-refractivity contribution in [3.63, 3.8) is 0 Å². The van der Waals surface area contributed by atoms with Gasteiger partial charge in [-0.05, 0) is 38.5 Å². The Labute approximate surface area is 68.6 Å². The number of rotatable bonds is 2. The van der Waals surface area contributed by atoms with Gasteiger partial charge in [0.15, 0.2) is 0 Å². The summed E-state index contributed by atoms with van der Waals surface area (Å²) >= 11 is 0. The smallest absolute Gasteiger partial charge is 0.0651 e. The molecule has 0 aromatic carbocycles. The van der Waals surface area contributed by atoms with Crippen LogP contribution in [0.1, 0.15) is 32.6 Å². The van der Waals surface area contributed by atoms with E-state index in [1.54, 1.807) is 7.11 Å². The topological polar surface area (TPSA) is 29.5 Å². The Morgan fingerprint density at radius 2 is 2.00 bits per heavy atom. The molecule has 0 aliphatic heterocycles. The molecule has 0 unspecified atom stereocenters. The molecular weight excluding hydrogens is 140 g/mol. The molecule has 2 heteroatoms. The van der Waals surface area contributed by atoms with Gasteiger partial charge in [-0.25, -0.2) is 0 Å². The highest BCUT2D eigenvalue weighted by atomic mass is 16.5. The Bertz CT molecular complexity index is 115. The molecule has 0 amide bonds. The van der Waals surface area contributed by atoms with Crippen LogP contribution >= 0.6 is 0 Å². The Morgan fingerprint density at radius 1 is 1.45 bits per heavy atom. The zero-order valence-corrected chi connectivity index (χ0v) is 7.47. The maximum Gasteiger partial charge on any atom is 0.0651 e. The molecule has 1 N–H and O–H groups in total. The van der Waals surface area contributed by atoms with Crippen LogP contribution in [0.5, 0.6) is 0 Å². The fourth-order valence-corrected chi connectivity index (χ4v) is 1.67. The normalized spacial score (nSPS) is 39.0. The van der Waals surface area contributed by atoms with Crippen molar-refractivity contribution in [3.8, 4) is 0 Å². The van der Waals surface area contributed by atoms with Crippen LogP contribution in [-0.4, -0.2) is 24.4 Å². The van der Waals surface area contributed by atoms with E-state index in [1.165, 1.54) is 0 Å². The Morgan fingerprint density at radius 3 is 2.36 bits per heavy atom. The molecule has 1 saturated carbocycles. The average molecular weight is 158 g/mol. The second-order valence-corrected chi connectivity index (χ2v) is 3.78. The fraction of sp³-hybridized carbons (Fsp3) is 1.00. The van der Waals surface area contributed by atoms with E-state index in [0.29, 0.717) is 12.5 Å². The zero-order valence-electron chi connectivity index (χ0n) is 7.47. The van der Waals surface area contributed by atoms with Gasteiger partial charge in [-0.2, -0.15) is 0 Å². The molecule has 1 aliphatic rings. The molecule has 11 heavy (non-hydrogen) atoms. The van der Waals surface area contributed by atoms with Crippen LogP contribution in [0.25, 0.3) is 0 Å². The van der Waals surface area contributed by atoms with Crippen LogP contribution in [0.3, 0.4) is 0 Å². The third-order valence-electron chi connectivity index (χ3n) is 2.91. The monoisotopic (exact) mass is 158 g/mol. The molecule has 0 heterocycles. The maximum atomic E-state index is 8.89. The minimum absolute atomic E-state index is 0.0890. The Hall–Kier alpha value is -0.0800. The van der Waals surface area contributed by atoms with Gasteiger partial charge < -0.3 is 9.84 Å². The van der Waals surface area contributed by atoms with E-state index >= 15 is 0 Å². The maximum absolute atomic E-state index is 8.89. The first-order valence-electron chi connectivity index (χ1n) is 4.36. The second kappa shape index (κ2) is 3.55. The molecule has 0 aromatic rings. The molecule has 1 fully saturated rings. The SMILES string of the molecule is COC1(C)CCC(CO)CC1. The summed E-state index contributed by atoms with van der Waals surface area (Å²) in [7, 11) is 1.78. The van der Waals surface area contributed by atoms with Crippen molar-refractivity contribution >= 4 is 0 Å². The molecule has 66 valence electrons. The van der Waals surface area contributed by atoms with Crippen molar-refractivity contribution in [2.75, 3.05) is 13.7 Å². The first-order valence-corrected chi connectivity index (χ1v) is 4.36. The van der Waals surface area contributed by atoms with Crippen LogP contribution in [-0.2, 0) is 4.74 Å². The predicted molar refractivity (Wildman–Crippen MR) is 44.5 cm³/mol. The van der Waals surface area contributed by atoms with Gasteiger partial charge in [0.25, 0.3) is 0 Å². The molecule has 0 atom stereocenters. The number of methoxy groups -OCH3 is 1. The van der Waals surface area contributed by atoms with Gasteiger partial charge in [-0.1, -0.05) is 0 Å². The third kappa shape index (κ3) is 2.17. The van der Waals surface area contributed by atoms with E-state index in [-0.39, 0.29) is 5.60 Å². The van der Waals surface area contributed by atoms with Crippen molar-refractivity contribution in [3.05, 3.63) is 0 Å². The number of ether oxygens (including phenoxy) is 1. The highest BCUT2D eigenvalue weighted by Gasteiger charge is 2.30. The lowest BCUT2D eigenvalue weighted by atomic mass is 9.80. The average Bonchev–Trinajstić information content (AvgIpc) is 2.06. The van der Waals surface area contributed by atoms with Gasteiger partial charge in [0.2, 0.25) is 0 Å². The summed E-state index contributed by atoms with van der Waals surface area (Å²) in [4.78, 5) is 0. The molecule has 1 aliphatic carbocycles. The summed E-state index contributed by atoms with van der Waals surface area (Å²) in [6.45, 7) is 2.50. The van der Waals surface area contributed by atoms with Crippen LogP contribution in [0.2, 0.25) is 0 Å². The summed E-state index contributed by atoms with van der Waals surface area (Å²) in [6.07, 6.45) is 4.41. The lowest BCUT2D eigenvalue weighted by molar-refractivity contribution is -0.0388. The van der Waals surface area contributed by atoms with Gasteiger partial charge in [-0.3, -0.25) is 0 Å². The number of aliphatic hydroxyl groups is 1.